The van der Waals surface area contributed by atoms with Crippen LogP contribution in [-0.2, 0) is 4.79 Å². The molecule has 0 radical (unpaired) electrons. The summed E-state index contributed by atoms with van der Waals surface area (Å²) in [6.07, 6.45) is 0.847. The lowest BCUT2D eigenvalue weighted by molar-refractivity contribution is -0.119. The standard InChI is InChI=1S/C27H28ClN5O3/c1-16-5-7-18(8-6-16)25-26(19-9-10-22(35-3)23(13-19)36-4)33-27(30-25)21(14-24(28)31-33)32-12-11-20(15-32)29-17(2)34/h5-10,13-14,20H,11-12,15H2,1-4H3,(H,29,34)/t20-/m1/s1. The van der Waals surface area contributed by atoms with E-state index in [0.29, 0.717) is 28.8 Å². The number of halogens is 1. The van der Waals surface area contributed by atoms with Crippen molar-refractivity contribution >= 4 is 28.8 Å². The Morgan fingerprint density at radius 1 is 1.06 bits per heavy atom. The van der Waals surface area contributed by atoms with E-state index in [1.165, 1.54) is 0 Å². The highest BCUT2D eigenvalue weighted by Crippen LogP contribution is 2.39. The van der Waals surface area contributed by atoms with Gasteiger partial charge in [-0.1, -0.05) is 41.4 Å². The first-order valence-corrected chi connectivity index (χ1v) is 12.2. The molecule has 0 bridgehead atoms. The number of hydrogen-bond donors (Lipinski definition) is 1. The van der Waals surface area contributed by atoms with Gasteiger partial charge in [-0.2, -0.15) is 5.10 Å². The largest absolute Gasteiger partial charge is 0.493 e. The molecule has 2 aromatic heterocycles. The summed E-state index contributed by atoms with van der Waals surface area (Å²) in [6, 6.07) is 15.9. The van der Waals surface area contributed by atoms with Crippen molar-refractivity contribution in [3.8, 4) is 34.0 Å². The fourth-order valence-electron chi connectivity index (χ4n) is 4.75. The molecule has 1 saturated heterocycles. The summed E-state index contributed by atoms with van der Waals surface area (Å²) in [6.45, 7) is 5.05. The molecule has 0 spiro atoms. The van der Waals surface area contributed by atoms with E-state index in [0.717, 1.165) is 46.7 Å². The van der Waals surface area contributed by atoms with Crippen molar-refractivity contribution in [3.05, 3.63) is 59.2 Å². The van der Waals surface area contributed by atoms with Crippen LogP contribution < -0.4 is 19.7 Å². The van der Waals surface area contributed by atoms with Crippen molar-refractivity contribution in [1.29, 1.82) is 0 Å². The van der Waals surface area contributed by atoms with E-state index >= 15 is 0 Å². The predicted molar refractivity (Wildman–Crippen MR) is 141 cm³/mol. The van der Waals surface area contributed by atoms with Gasteiger partial charge in [0.05, 0.1) is 25.6 Å². The zero-order valence-electron chi connectivity index (χ0n) is 20.7. The first-order valence-electron chi connectivity index (χ1n) is 11.8. The molecule has 36 heavy (non-hydrogen) atoms. The Kier molecular flexibility index (Phi) is 6.45. The summed E-state index contributed by atoms with van der Waals surface area (Å²) in [7, 11) is 3.23. The molecular weight excluding hydrogens is 478 g/mol. The number of nitrogens with one attached hydrogen (secondary N) is 1. The summed E-state index contributed by atoms with van der Waals surface area (Å²) in [5, 5.41) is 8.04. The van der Waals surface area contributed by atoms with Crippen LogP contribution >= 0.6 is 11.6 Å². The summed E-state index contributed by atoms with van der Waals surface area (Å²) in [5.74, 6) is 1.22. The van der Waals surface area contributed by atoms with Crippen molar-refractivity contribution in [2.75, 3.05) is 32.2 Å². The van der Waals surface area contributed by atoms with Gasteiger partial charge in [0.1, 0.15) is 5.69 Å². The maximum Gasteiger partial charge on any atom is 0.217 e. The molecule has 1 amide bonds. The average molecular weight is 506 g/mol. The molecule has 1 aliphatic heterocycles. The number of carbonyl (C=O) groups excluding carboxylic acids is 1. The predicted octanol–water partition coefficient (Wildman–Crippen LogP) is 4.76. The second kappa shape index (κ2) is 9.70. The van der Waals surface area contributed by atoms with Gasteiger partial charge in [0.15, 0.2) is 22.3 Å². The molecule has 0 unspecified atom stereocenters. The van der Waals surface area contributed by atoms with E-state index in [1.807, 2.05) is 24.3 Å². The lowest BCUT2D eigenvalue weighted by atomic mass is 10.0. The number of benzene rings is 2. The normalized spacial score (nSPS) is 15.4. The van der Waals surface area contributed by atoms with Gasteiger partial charge in [0.2, 0.25) is 5.91 Å². The molecule has 1 N–H and O–H groups in total. The van der Waals surface area contributed by atoms with Gasteiger partial charge in [-0.25, -0.2) is 9.50 Å². The lowest BCUT2D eigenvalue weighted by Crippen LogP contribution is -2.35. The molecule has 1 aliphatic rings. The zero-order chi connectivity index (χ0) is 25.4. The van der Waals surface area contributed by atoms with Crippen LogP contribution in [0.5, 0.6) is 11.5 Å². The Hall–Kier alpha value is -3.78. The third-order valence-electron chi connectivity index (χ3n) is 6.45. The Bertz CT molecular complexity index is 1430. The molecule has 186 valence electrons. The number of imidazole rings is 1. The molecule has 4 aromatic rings. The van der Waals surface area contributed by atoms with E-state index in [-0.39, 0.29) is 11.9 Å². The first-order chi connectivity index (χ1) is 17.4. The number of ether oxygens (including phenoxy) is 2. The van der Waals surface area contributed by atoms with Gasteiger partial charge < -0.3 is 19.7 Å². The quantitative estimate of drug-likeness (QED) is 0.407. The number of carbonyl (C=O) groups is 1. The number of methoxy groups -OCH3 is 2. The van der Waals surface area contributed by atoms with Crippen molar-refractivity contribution in [2.45, 2.75) is 26.3 Å². The topological polar surface area (TPSA) is 81.0 Å². The van der Waals surface area contributed by atoms with Crippen LogP contribution in [0.1, 0.15) is 18.9 Å². The van der Waals surface area contributed by atoms with Crippen LogP contribution in [0.15, 0.2) is 48.5 Å². The molecule has 2 aromatic carbocycles. The van der Waals surface area contributed by atoms with Crippen molar-refractivity contribution in [3.63, 3.8) is 0 Å². The number of aryl methyl sites for hydroxylation is 1. The minimum Gasteiger partial charge on any atom is -0.493 e. The number of aromatic nitrogens is 3. The van der Waals surface area contributed by atoms with Gasteiger partial charge in [-0.3, -0.25) is 4.79 Å². The summed E-state index contributed by atoms with van der Waals surface area (Å²) in [4.78, 5) is 18.9. The number of nitrogens with zero attached hydrogens (tertiary/aromatic N) is 4. The first kappa shape index (κ1) is 23.9. The van der Waals surface area contributed by atoms with Crippen LogP contribution in [0.3, 0.4) is 0 Å². The fourth-order valence-corrected chi connectivity index (χ4v) is 4.93. The molecule has 1 atom stereocenters. The third-order valence-corrected chi connectivity index (χ3v) is 6.64. The molecule has 0 saturated carbocycles. The van der Waals surface area contributed by atoms with Gasteiger partial charge in [-0.15, -0.1) is 0 Å². The Labute approximate surface area is 214 Å². The molecule has 1 fully saturated rings. The summed E-state index contributed by atoms with van der Waals surface area (Å²) < 4.78 is 12.8. The second-order valence-electron chi connectivity index (χ2n) is 8.96. The lowest BCUT2D eigenvalue weighted by Gasteiger charge is -2.19. The van der Waals surface area contributed by atoms with Crippen LogP contribution in [-0.4, -0.2) is 53.9 Å². The Morgan fingerprint density at radius 3 is 2.47 bits per heavy atom. The Balaban J connectivity index is 1.72. The summed E-state index contributed by atoms with van der Waals surface area (Å²) in [5.41, 5.74) is 6.17. The maximum atomic E-state index is 11.6. The number of fused-ring (bicyclic) bond motifs is 1. The van der Waals surface area contributed by atoms with Crippen LogP contribution in [0.2, 0.25) is 5.15 Å². The zero-order valence-corrected chi connectivity index (χ0v) is 21.5. The monoisotopic (exact) mass is 505 g/mol. The SMILES string of the molecule is COc1ccc(-c2c(-c3ccc(C)cc3)nc3c(N4CC[C@@H](NC(C)=O)C4)cc(Cl)nn23)cc1OC. The van der Waals surface area contributed by atoms with Gasteiger partial charge in [0, 0.05) is 43.2 Å². The number of anilines is 1. The molecule has 8 nitrogen and oxygen atoms in total. The number of rotatable bonds is 6. The molecule has 0 aliphatic carbocycles. The maximum absolute atomic E-state index is 11.6. The van der Waals surface area contributed by atoms with Crippen molar-refractivity contribution in [1.82, 2.24) is 19.9 Å². The average Bonchev–Trinajstić information content (AvgIpc) is 3.48. The molecular formula is C27H28ClN5O3. The fraction of sp³-hybridized carbons (Fsp3) is 0.296. The van der Waals surface area contributed by atoms with E-state index in [4.69, 9.17) is 26.1 Å². The van der Waals surface area contributed by atoms with Gasteiger partial charge in [0.25, 0.3) is 0 Å². The van der Waals surface area contributed by atoms with Crippen molar-refractivity contribution < 1.29 is 14.3 Å². The third kappa shape index (κ3) is 4.44. The minimum atomic E-state index is -0.0297. The Morgan fingerprint density at radius 2 is 1.78 bits per heavy atom. The van der Waals surface area contributed by atoms with Gasteiger partial charge in [-0.05, 0) is 31.5 Å². The minimum absolute atomic E-state index is 0.0297. The number of hydrogen-bond acceptors (Lipinski definition) is 6. The molecule has 9 heteroatoms. The van der Waals surface area contributed by atoms with E-state index < -0.39 is 0 Å². The van der Waals surface area contributed by atoms with E-state index in [9.17, 15) is 4.79 Å². The smallest absolute Gasteiger partial charge is 0.217 e. The van der Waals surface area contributed by atoms with Crippen LogP contribution in [0.25, 0.3) is 28.2 Å². The van der Waals surface area contributed by atoms with E-state index in [2.05, 4.69) is 46.5 Å². The van der Waals surface area contributed by atoms with Crippen LogP contribution in [0, 0.1) is 6.92 Å². The van der Waals surface area contributed by atoms with Crippen LogP contribution in [0.4, 0.5) is 5.69 Å². The molecule has 3 heterocycles. The van der Waals surface area contributed by atoms with Crippen molar-refractivity contribution in [2.24, 2.45) is 0 Å². The molecule has 5 rings (SSSR count). The highest BCUT2D eigenvalue weighted by atomic mass is 35.5. The highest BCUT2D eigenvalue weighted by molar-refractivity contribution is 6.29. The second-order valence-corrected chi connectivity index (χ2v) is 9.35. The highest BCUT2D eigenvalue weighted by Gasteiger charge is 2.28. The van der Waals surface area contributed by atoms with Gasteiger partial charge >= 0.3 is 0 Å². The van der Waals surface area contributed by atoms with E-state index in [1.54, 1.807) is 25.7 Å². The number of amides is 1. The summed E-state index contributed by atoms with van der Waals surface area (Å²) >= 11 is 6.56.